The molecule has 0 aliphatic heterocycles. The molecule has 0 unspecified atom stereocenters. The number of furan rings is 1. The van der Waals surface area contributed by atoms with Gasteiger partial charge in [-0.3, -0.25) is 4.79 Å². The lowest BCUT2D eigenvalue weighted by Gasteiger charge is -2.28. The van der Waals surface area contributed by atoms with E-state index in [9.17, 15) is 4.79 Å². The number of rotatable bonds is 7. The number of amides is 1. The lowest BCUT2D eigenvalue weighted by atomic mass is 9.81. The van der Waals surface area contributed by atoms with E-state index in [0.29, 0.717) is 18.8 Å². The van der Waals surface area contributed by atoms with Gasteiger partial charge in [0.25, 0.3) is 0 Å². The minimum absolute atomic E-state index is 0.0158. The van der Waals surface area contributed by atoms with Crippen LogP contribution >= 0.6 is 11.3 Å². The molecule has 1 aromatic carbocycles. The van der Waals surface area contributed by atoms with Gasteiger partial charge in [0.1, 0.15) is 5.76 Å². The maximum absolute atomic E-state index is 12.5. The van der Waals surface area contributed by atoms with E-state index < -0.39 is 5.41 Å². The SMILES string of the molecule is CCC(CC)(CN)C(=O)NCc1ccc(-c2nc3ccccc3s2)o1. The molecule has 1 amide bonds. The summed E-state index contributed by atoms with van der Waals surface area (Å²) in [4.78, 5) is 17.1. The molecular weight excluding hydrogens is 334 g/mol. The third kappa shape index (κ3) is 3.45. The third-order valence-corrected chi connectivity index (χ3v) is 5.87. The van der Waals surface area contributed by atoms with Gasteiger partial charge >= 0.3 is 0 Å². The predicted octanol–water partition coefficient (Wildman–Crippen LogP) is 3.94. The maximum Gasteiger partial charge on any atom is 0.227 e. The van der Waals surface area contributed by atoms with Crippen LogP contribution in [0.1, 0.15) is 32.4 Å². The Morgan fingerprint density at radius 2 is 2.00 bits per heavy atom. The first-order chi connectivity index (χ1) is 12.1. The Bertz CT molecular complexity index is 823. The van der Waals surface area contributed by atoms with Gasteiger partial charge in [-0.25, -0.2) is 4.98 Å². The summed E-state index contributed by atoms with van der Waals surface area (Å²) in [7, 11) is 0. The molecule has 3 rings (SSSR count). The molecule has 0 atom stereocenters. The maximum atomic E-state index is 12.5. The standard InChI is InChI=1S/C19H23N3O2S/c1-3-19(4-2,12-20)18(23)21-11-13-9-10-15(24-13)17-22-14-7-5-6-8-16(14)25-17/h5-10H,3-4,11-12,20H2,1-2H3,(H,21,23). The highest BCUT2D eigenvalue weighted by Gasteiger charge is 2.33. The number of aromatic nitrogens is 1. The molecule has 0 spiro atoms. The van der Waals surface area contributed by atoms with Crippen LogP contribution in [0.3, 0.4) is 0 Å². The van der Waals surface area contributed by atoms with Gasteiger partial charge in [0, 0.05) is 6.54 Å². The summed E-state index contributed by atoms with van der Waals surface area (Å²) in [5.41, 5.74) is 6.29. The molecular formula is C19H23N3O2S. The van der Waals surface area contributed by atoms with Crippen molar-refractivity contribution in [2.75, 3.05) is 6.54 Å². The van der Waals surface area contributed by atoms with Crippen molar-refractivity contribution in [1.29, 1.82) is 0 Å². The van der Waals surface area contributed by atoms with E-state index in [1.165, 1.54) is 0 Å². The second-order valence-corrected chi connectivity index (χ2v) is 7.16. The minimum atomic E-state index is -0.498. The highest BCUT2D eigenvalue weighted by Crippen LogP contribution is 2.31. The Morgan fingerprint density at radius 1 is 1.24 bits per heavy atom. The predicted molar refractivity (Wildman–Crippen MR) is 101 cm³/mol. The number of nitrogens with two attached hydrogens (primary N) is 1. The number of nitrogens with one attached hydrogen (secondary N) is 1. The number of carbonyl (C=O) groups is 1. The molecule has 0 fully saturated rings. The second kappa shape index (κ2) is 7.37. The average Bonchev–Trinajstić information content (AvgIpc) is 3.28. The summed E-state index contributed by atoms with van der Waals surface area (Å²) in [5, 5.41) is 3.80. The van der Waals surface area contributed by atoms with Gasteiger partial charge in [0.05, 0.1) is 22.2 Å². The van der Waals surface area contributed by atoms with Crippen molar-refractivity contribution in [3.8, 4) is 10.8 Å². The zero-order valence-electron chi connectivity index (χ0n) is 14.5. The number of hydrogen-bond donors (Lipinski definition) is 2. The lowest BCUT2D eigenvalue weighted by Crippen LogP contribution is -2.44. The smallest absolute Gasteiger partial charge is 0.227 e. The summed E-state index contributed by atoms with van der Waals surface area (Å²) >= 11 is 1.59. The molecule has 25 heavy (non-hydrogen) atoms. The Labute approximate surface area is 151 Å². The molecule has 2 heterocycles. The Balaban J connectivity index is 1.70. The zero-order valence-corrected chi connectivity index (χ0v) is 15.4. The highest BCUT2D eigenvalue weighted by atomic mass is 32.1. The van der Waals surface area contributed by atoms with Crippen LogP contribution in [-0.4, -0.2) is 17.4 Å². The molecule has 132 valence electrons. The van der Waals surface area contributed by atoms with Gasteiger partial charge in [0.2, 0.25) is 5.91 Å². The van der Waals surface area contributed by atoms with Crippen molar-refractivity contribution in [1.82, 2.24) is 10.3 Å². The van der Waals surface area contributed by atoms with Gasteiger partial charge in [-0.15, -0.1) is 11.3 Å². The quantitative estimate of drug-likeness (QED) is 0.671. The van der Waals surface area contributed by atoms with Gasteiger partial charge in [-0.2, -0.15) is 0 Å². The van der Waals surface area contributed by atoms with E-state index >= 15 is 0 Å². The monoisotopic (exact) mass is 357 g/mol. The summed E-state index contributed by atoms with van der Waals surface area (Å²) in [5.74, 6) is 1.42. The molecule has 0 aliphatic carbocycles. The summed E-state index contributed by atoms with van der Waals surface area (Å²) in [6.07, 6.45) is 1.45. The van der Waals surface area contributed by atoms with E-state index in [0.717, 1.165) is 33.8 Å². The first kappa shape index (κ1) is 17.6. The van der Waals surface area contributed by atoms with E-state index in [-0.39, 0.29) is 5.91 Å². The highest BCUT2D eigenvalue weighted by molar-refractivity contribution is 7.21. The summed E-state index contributed by atoms with van der Waals surface area (Å²) in [6.45, 7) is 4.69. The van der Waals surface area contributed by atoms with Crippen LogP contribution in [-0.2, 0) is 11.3 Å². The van der Waals surface area contributed by atoms with Crippen LogP contribution in [0.5, 0.6) is 0 Å². The fourth-order valence-corrected chi connectivity index (χ4v) is 3.80. The van der Waals surface area contributed by atoms with Crippen LogP contribution in [0, 0.1) is 5.41 Å². The largest absolute Gasteiger partial charge is 0.457 e. The van der Waals surface area contributed by atoms with Gasteiger partial charge in [-0.05, 0) is 37.1 Å². The van der Waals surface area contributed by atoms with Gasteiger partial charge in [-0.1, -0.05) is 26.0 Å². The van der Waals surface area contributed by atoms with E-state index in [1.807, 2.05) is 50.2 Å². The van der Waals surface area contributed by atoms with Crippen LogP contribution in [0.25, 0.3) is 21.0 Å². The number of nitrogens with zero attached hydrogens (tertiary/aromatic N) is 1. The zero-order chi connectivity index (χ0) is 17.9. The van der Waals surface area contributed by atoms with E-state index in [4.69, 9.17) is 10.2 Å². The Hall–Kier alpha value is -2.18. The number of carbonyl (C=O) groups excluding carboxylic acids is 1. The summed E-state index contributed by atoms with van der Waals surface area (Å²) < 4.78 is 6.99. The van der Waals surface area contributed by atoms with Gasteiger partial charge in [0.15, 0.2) is 10.8 Å². The van der Waals surface area contributed by atoms with Crippen LogP contribution < -0.4 is 11.1 Å². The van der Waals surface area contributed by atoms with Crippen molar-refractivity contribution < 1.29 is 9.21 Å². The van der Waals surface area contributed by atoms with Crippen LogP contribution in [0.2, 0.25) is 0 Å². The number of fused-ring (bicyclic) bond motifs is 1. The molecule has 0 aliphatic rings. The van der Waals surface area contributed by atoms with Gasteiger partial charge < -0.3 is 15.5 Å². The van der Waals surface area contributed by atoms with Crippen molar-refractivity contribution in [2.24, 2.45) is 11.1 Å². The Kier molecular flexibility index (Phi) is 5.20. The first-order valence-corrected chi connectivity index (χ1v) is 9.36. The molecule has 3 aromatic rings. The second-order valence-electron chi connectivity index (χ2n) is 6.13. The number of hydrogen-bond acceptors (Lipinski definition) is 5. The van der Waals surface area contributed by atoms with Crippen LogP contribution in [0.15, 0.2) is 40.8 Å². The number of para-hydroxylation sites is 1. The average molecular weight is 357 g/mol. The molecule has 2 aromatic heterocycles. The van der Waals surface area contributed by atoms with E-state index in [2.05, 4.69) is 10.3 Å². The normalized spacial score (nSPS) is 11.8. The Morgan fingerprint density at radius 3 is 2.68 bits per heavy atom. The van der Waals surface area contributed by atoms with Crippen LogP contribution in [0.4, 0.5) is 0 Å². The number of thiazole rings is 1. The molecule has 0 bridgehead atoms. The molecule has 5 nitrogen and oxygen atoms in total. The van der Waals surface area contributed by atoms with Crippen molar-refractivity contribution in [2.45, 2.75) is 33.2 Å². The third-order valence-electron chi connectivity index (χ3n) is 4.82. The number of benzene rings is 1. The fraction of sp³-hybridized carbons (Fsp3) is 0.368. The topological polar surface area (TPSA) is 81.2 Å². The molecule has 3 N–H and O–H groups in total. The first-order valence-electron chi connectivity index (χ1n) is 8.55. The molecule has 0 radical (unpaired) electrons. The molecule has 6 heteroatoms. The van der Waals surface area contributed by atoms with Crippen molar-refractivity contribution in [3.05, 3.63) is 42.2 Å². The van der Waals surface area contributed by atoms with E-state index in [1.54, 1.807) is 11.3 Å². The van der Waals surface area contributed by atoms with Crippen molar-refractivity contribution >= 4 is 27.5 Å². The molecule has 0 saturated heterocycles. The lowest BCUT2D eigenvalue weighted by molar-refractivity contribution is -0.131. The van der Waals surface area contributed by atoms with Crippen molar-refractivity contribution in [3.63, 3.8) is 0 Å². The molecule has 0 saturated carbocycles. The summed E-state index contributed by atoms with van der Waals surface area (Å²) in [6, 6.07) is 11.8. The fourth-order valence-electron chi connectivity index (χ4n) is 2.87. The minimum Gasteiger partial charge on any atom is -0.457 e.